The second-order valence-corrected chi connectivity index (χ2v) is 8.29. The van der Waals surface area contributed by atoms with Crippen molar-refractivity contribution in [3.8, 4) is 11.5 Å². The molecule has 0 unspecified atom stereocenters. The molecular formula is C26H41FO5. The van der Waals surface area contributed by atoms with Gasteiger partial charge in [0.25, 0.3) is 0 Å². The number of carbonyl (C=O) groups excluding carboxylic acids is 2. The number of halogens is 1. The second-order valence-electron chi connectivity index (χ2n) is 8.29. The summed E-state index contributed by atoms with van der Waals surface area (Å²) in [6, 6.07) is 3.62. The molecule has 32 heavy (non-hydrogen) atoms. The quantitative estimate of drug-likeness (QED) is 0.110. The van der Waals surface area contributed by atoms with Crippen LogP contribution >= 0.6 is 0 Å². The molecule has 6 heteroatoms. The van der Waals surface area contributed by atoms with Gasteiger partial charge >= 0.3 is 11.9 Å². The van der Waals surface area contributed by atoms with Crippen LogP contribution in [-0.4, -0.2) is 25.7 Å². The lowest BCUT2D eigenvalue weighted by molar-refractivity contribution is -0.168. The standard InChI is InChI=1S/C26H41FO5/c1-5-8-9-10-11-12-13-14-15-16-19-31-24(28)26(6-2,7-3)25(29)32-22-18-17-21(27)20-23(22)30-4/h17-18,20H,5-16,19H2,1-4H3. The molecule has 1 aromatic rings. The Hall–Kier alpha value is -2.11. The highest BCUT2D eigenvalue weighted by atomic mass is 19.1. The Bertz CT molecular complexity index is 685. The molecule has 0 aliphatic rings. The molecule has 0 saturated heterocycles. The summed E-state index contributed by atoms with van der Waals surface area (Å²) in [5, 5.41) is 0. The maximum Gasteiger partial charge on any atom is 0.328 e. The number of hydrogen-bond acceptors (Lipinski definition) is 5. The van der Waals surface area contributed by atoms with Crippen LogP contribution in [0.1, 0.15) is 97.8 Å². The predicted octanol–water partition coefficient (Wildman–Crippen LogP) is 7.01. The molecule has 1 aromatic carbocycles. The zero-order valence-electron chi connectivity index (χ0n) is 20.3. The van der Waals surface area contributed by atoms with E-state index in [2.05, 4.69) is 6.92 Å². The third-order valence-corrected chi connectivity index (χ3v) is 6.05. The minimum Gasteiger partial charge on any atom is -0.493 e. The fraction of sp³-hybridized carbons (Fsp3) is 0.692. The van der Waals surface area contributed by atoms with Crippen LogP contribution < -0.4 is 9.47 Å². The summed E-state index contributed by atoms with van der Waals surface area (Å²) in [5.74, 6) is -1.61. The Morgan fingerprint density at radius 2 is 1.38 bits per heavy atom. The van der Waals surface area contributed by atoms with E-state index < -0.39 is 23.2 Å². The highest BCUT2D eigenvalue weighted by molar-refractivity contribution is 6.00. The largest absolute Gasteiger partial charge is 0.493 e. The van der Waals surface area contributed by atoms with Crippen molar-refractivity contribution in [2.45, 2.75) is 97.8 Å². The zero-order chi connectivity index (χ0) is 23.8. The zero-order valence-corrected chi connectivity index (χ0v) is 20.3. The molecule has 0 aliphatic carbocycles. The number of carbonyl (C=O) groups is 2. The van der Waals surface area contributed by atoms with E-state index in [1.807, 2.05) is 0 Å². The van der Waals surface area contributed by atoms with E-state index in [9.17, 15) is 14.0 Å². The van der Waals surface area contributed by atoms with Gasteiger partial charge in [0, 0.05) is 6.07 Å². The van der Waals surface area contributed by atoms with Crippen LogP contribution in [0.4, 0.5) is 4.39 Å². The molecule has 0 saturated carbocycles. The molecule has 0 amide bonds. The van der Waals surface area contributed by atoms with Crippen LogP contribution in [0, 0.1) is 11.2 Å². The first-order valence-electron chi connectivity index (χ1n) is 12.2. The van der Waals surface area contributed by atoms with Crippen molar-refractivity contribution in [2.24, 2.45) is 5.41 Å². The molecule has 1 rings (SSSR count). The van der Waals surface area contributed by atoms with E-state index in [-0.39, 0.29) is 24.3 Å². The summed E-state index contributed by atoms with van der Waals surface area (Å²) in [4.78, 5) is 25.7. The number of ether oxygens (including phenoxy) is 3. The maximum absolute atomic E-state index is 13.4. The van der Waals surface area contributed by atoms with Gasteiger partial charge in [-0.15, -0.1) is 0 Å². The van der Waals surface area contributed by atoms with E-state index in [0.717, 1.165) is 25.3 Å². The first kappa shape index (κ1) is 27.9. The Kier molecular flexibility index (Phi) is 13.7. The monoisotopic (exact) mass is 452 g/mol. The van der Waals surface area contributed by atoms with Gasteiger partial charge in [-0.2, -0.15) is 0 Å². The second kappa shape index (κ2) is 15.7. The minimum atomic E-state index is -1.39. The lowest BCUT2D eigenvalue weighted by atomic mass is 9.82. The van der Waals surface area contributed by atoms with E-state index in [1.165, 1.54) is 64.2 Å². The molecule has 0 radical (unpaired) electrons. The van der Waals surface area contributed by atoms with E-state index in [4.69, 9.17) is 14.2 Å². The van der Waals surface area contributed by atoms with Crippen molar-refractivity contribution in [1.29, 1.82) is 0 Å². The summed E-state index contributed by atoms with van der Waals surface area (Å²) < 4.78 is 29.4. The summed E-state index contributed by atoms with van der Waals surface area (Å²) in [7, 11) is 1.36. The molecule has 182 valence electrons. The van der Waals surface area contributed by atoms with E-state index >= 15 is 0 Å². The average molecular weight is 453 g/mol. The summed E-state index contributed by atoms with van der Waals surface area (Å²) in [6.07, 6.45) is 12.4. The molecule has 0 heterocycles. The molecule has 0 atom stereocenters. The van der Waals surface area contributed by atoms with Gasteiger partial charge in [0.2, 0.25) is 0 Å². The third-order valence-electron chi connectivity index (χ3n) is 6.05. The van der Waals surface area contributed by atoms with Gasteiger partial charge in [0.15, 0.2) is 16.9 Å². The Morgan fingerprint density at radius 3 is 1.91 bits per heavy atom. The molecule has 0 N–H and O–H groups in total. The van der Waals surface area contributed by atoms with Gasteiger partial charge in [0.1, 0.15) is 5.82 Å². The Morgan fingerprint density at radius 1 is 0.812 bits per heavy atom. The summed E-state index contributed by atoms with van der Waals surface area (Å²) in [6.45, 7) is 6.04. The van der Waals surface area contributed by atoms with Gasteiger partial charge in [-0.3, -0.25) is 9.59 Å². The van der Waals surface area contributed by atoms with Crippen molar-refractivity contribution >= 4 is 11.9 Å². The SMILES string of the molecule is CCCCCCCCCCCCOC(=O)C(CC)(CC)C(=O)Oc1ccc(F)cc1OC. The molecular weight excluding hydrogens is 411 g/mol. The number of rotatable bonds is 17. The van der Waals surface area contributed by atoms with Gasteiger partial charge in [-0.25, -0.2) is 4.39 Å². The normalized spacial score (nSPS) is 11.3. The molecule has 0 bridgehead atoms. The maximum atomic E-state index is 13.4. The topological polar surface area (TPSA) is 61.8 Å². The number of unbranched alkanes of at least 4 members (excludes halogenated alkanes) is 9. The van der Waals surface area contributed by atoms with E-state index in [1.54, 1.807) is 13.8 Å². The fourth-order valence-electron chi connectivity index (χ4n) is 3.73. The lowest BCUT2D eigenvalue weighted by Gasteiger charge is -2.27. The van der Waals surface area contributed by atoms with Crippen molar-refractivity contribution in [3.05, 3.63) is 24.0 Å². The van der Waals surface area contributed by atoms with Crippen LogP contribution in [-0.2, 0) is 14.3 Å². The van der Waals surface area contributed by atoms with Crippen LogP contribution in [0.3, 0.4) is 0 Å². The number of methoxy groups -OCH3 is 1. The number of hydrogen-bond donors (Lipinski definition) is 0. The number of esters is 2. The predicted molar refractivity (Wildman–Crippen MR) is 124 cm³/mol. The summed E-state index contributed by atoms with van der Waals surface area (Å²) >= 11 is 0. The van der Waals surface area contributed by atoms with Crippen LogP contribution in [0.15, 0.2) is 18.2 Å². The highest BCUT2D eigenvalue weighted by Crippen LogP contribution is 2.34. The van der Waals surface area contributed by atoms with Crippen LogP contribution in [0.5, 0.6) is 11.5 Å². The average Bonchev–Trinajstić information content (AvgIpc) is 2.79. The summed E-state index contributed by atoms with van der Waals surface area (Å²) in [5.41, 5.74) is -1.39. The van der Waals surface area contributed by atoms with Gasteiger partial charge in [0.05, 0.1) is 13.7 Å². The first-order valence-corrected chi connectivity index (χ1v) is 12.2. The highest BCUT2D eigenvalue weighted by Gasteiger charge is 2.46. The van der Waals surface area contributed by atoms with Gasteiger partial charge in [-0.05, 0) is 31.4 Å². The smallest absolute Gasteiger partial charge is 0.328 e. The van der Waals surface area contributed by atoms with Crippen molar-refractivity contribution in [3.63, 3.8) is 0 Å². The van der Waals surface area contributed by atoms with Crippen molar-refractivity contribution in [2.75, 3.05) is 13.7 Å². The first-order chi connectivity index (χ1) is 15.4. The van der Waals surface area contributed by atoms with E-state index in [0.29, 0.717) is 6.61 Å². The van der Waals surface area contributed by atoms with Crippen molar-refractivity contribution in [1.82, 2.24) is 0 Å². The molecule has 0 fully saturated rings. The molecule has 5 nitrogen and oxygen atoms in total. The third kappa shape index (κ3) is 8.79. The Labute approximate surface area is 193 Å². The number of benzene rings is 1. The molecule has 0 aliphatic heterocycles. The van der Waals surface area contributed by atoms with Crippen LogP contribution in [0.2, 0.25) is 0 Å². The van der Waals surface area contributed by atoms with Crippen LogP contribution in [0.25, 0.3) is 0 Å². The lowest BCUT2D eigenvalue weighted by Crippen LogP contribution is -2.42. The van der Waals surface area contributed by atoms with Gasteiger partial charge in [-0.1, -0.05) is 78.6 Å². The Balaban J connectivity index is 2.47. The fourth-order valence-corrected chi connectivity index (χ4v) is 3.73. The molecule has 0 spiro atoms. The minimum absolute atomic E-state index is 0.0765. The molecule has 0 aromatic heterocycles. The van der Waals surface area contributed by atoms with Crippen molar-refractivity contribution < 1.29 is 28.2 Å². The van der Waals surface area contributed by atoms with Gasteiger partial charge < -0.3 is 14.2 Å².